The highest BCUT2D eigenvalue weighted by Crippen LogP contribution is 2.65. The third kappa shape index (κ3) is 8.10. The number of unbranched alkanes of at least 4 members (excludes halogenated alkanes) is 1. The first-order valence-electron chi connectivity index (χ1n) is 15.9. The lowest BCUT2D eigenvalue weighted by Crippen LogP contribution is -2.56. The summed E-state index contributed by atoms with van der Waals surface area (Å²) in [5.74, 6) is -3.54. The fourth-order valence-corrected chi connectivity index (χ4v) is 6.18. The van der Waals surface area contributed by atoms with Crippen LogP contribution in [0.15, 0.2) is 30.3 Å². The summed E-state index contributed by atoms with van der Waals surface area (Å²) in [4.78, 5) is 82.2. The molecular formula is C34H51N5O6. The summed E-state index contributed by atoms with van der Waals surface area (Å²) >= 11 is 0. The first kappa shape index (κ1) is 35.7. The number of fused-ring (bicyclic) bond motifs is 1. The van der Waals surface area contributed by atoms with Crippen molar-refractivity contribution in [3.63, 3.8) is 0 Å². The molecule has 0 radical (unpaired) electrons. The molecular weight excluding hydrogens is 574 g/mol. The summed E-state index contributed by atoms with van der Waals surface area (Å²) in [6.45, 7) is 13.9. The number of rotatable bonds is 13. The Kier molecular flexibility index (Phi) is 11.2. The highest BCUT2D eigenvalue weighted by atomic mass is 16.2. The number of nitrogens with zero attached hydrogens (tertiary/aromatic N) is 2. The van der Waals surface area contributed by atoms with Gasteiger partial charge in [-0.2, -0.15) is 0 Å². The van der Waals surface area contributed by atoms with Gasteiger partial charge in [0.05, 0.1) is 12.6 Å². The zero-order chi connectivity index (χ0) is 33.9. The molecule has 3 N–H and O–H groups in total. The van der Waals surface area contributed by atoms with Gasteiger partial charge in [-0.3, -0.25) is 28.8 Å². The van der Waals surface area contributed by atoms with Crippen molar-refractivity contribution < 1.29 is 28.8 Å². The van der Waals surface area contributed by atoms with Crippen LogP contribution in [-0.2, 0) is 28.8 Å². The van der Waals surface area contributed by atoms with Gasteiger partial charge in [-0.05, 0) is 34.7 Å². The van der Waals surface area contributed by atoms with Crippen molar-refractivity contribution in [1.29, 1.82) is 0 Å². The maximum absolute atomic E-state index is 13.8. The molecule has 5 amide bonds. The van der Waals surface area contributed by atoms with Gasteiger partial charge in [0.2, 0.25) is 29.4 Å². The molecule has 1 aromatic rings. The minimum absolute atomic E-state index is 0.0319. The zero-order valence-corrected chi connectivity index (χ0v) is 28.2. The molecule has 1 saturated carbocycles. The van der Waals surface area contributed by atoms with Crippen LogP contribution in [0.25, 0.3) is 0 Å². The van der Waals surface area contributed by atoms with Gasteiger partial charge in [-0.25, -0.2) is 0 Å². The lowest BCUT2D eigenvalue weighted by Gasteiger charge is -2.36. The molecule has 0 bridgehead atoms. The monoisotopic (exact) mass is 625 g/mol. The van der Waals surface area contributed by atoms with Gasteiger partial charge in [-0.15, -0.1) is 0 Å². The van der Waals surface area contributed by atoms with E-state index in [1.807, 2.05) is 34.6 Å². The average molecular weight is 626 g/mol. The number of likely N-dealkylation sites (tertiary alicyclic amines) is 1. The van der Waals surface area contributed by atoms with Gasteiger partial charge in [0.25, 0.3) is 5.91 Å². The Morgan fingerprint density at radius 3 is 2.20 bits per heavy atom. The van der Waals surface area contributed by atoms with Crippen LogP contribution in [0.1, 0.15) is 79.3 Å². The topological polar surface area (TPSA) is 145 Å². The third-order valence-electron chi connectivity index (χ3n) is 9.67. The van der Waals surface area contributed by atoms with Crippen molar-refractivity contribution in [3.05, 3.63) is 35.9 Å². The lowest BCUT2D eigenvalue weighted by atomic mass is 9.81. The van der Waals surface area contributed by atoms with Gasteiger partial charge in [0.15, 0.2) is 0 Å². The number of Topliss-reactive ketones (excluding diaryl/α,β-unsaturated/α-hetero) is 1. The van der Waals surface area contributed by atoms with E-state index in [4.69, 9.17) is 0 Å². The molecule has 1 unspecified atom stereocenters. The van der Waals surface area contributed by atoms with Crippen LogP contribution in [-0.4, -0.2) is 84.4 Å². The van der Waals surface area contributed by atoms with Crippen LogP contribution in [0.3, 0.4) is 0 Å². The molecule has 0 aromatic heterocycles. The number of hydrogen-bond acceptors (Lipinski definition) is 6. The Labute approximate surface area is 267 Å². The van der Waals surface area contributed by atoms with Crippen LogP contribution in [0.2, 0.25) is 0 Å². The van der Waals surface area contributed by atoms with Crippen molar-refractivity contribution >= 4 is 35.3 Å². The Balaban J connectivity index is 1.69. The Morgan fingerprint density at radius 2 is 1.64 bits per heavy atom. The van der Waals surface area contributed by atoms with E-state index in [-0.39, 0.29) is 46.8 Å². The fourth-order valence-electron chi connectivity index (χ4n) is 6.18. The maximum Gasteiger partial charge on any atom is 0.290 e. The average Bonchev–Trinajstić information content (AvgIpc) is 3.30. The van der Waals surface area contributed by atoms with Gasteiger partial charge in [-0.1, -0.05) is 91.6 Å². The first-order valence-corrected chi connectivity index (χ1v) is 15.9. The fraction of sp³-hybridized carbons (Fsp3) is 0.647. The molecule has 2 fully saturated rings. The van der Waals surface area contributed by atoms with Crippen molar-refractivity contribution in [2.75, 3.05) is 27.2 Å². The Morgan fingerprint density at radius 1 is 1.02 bits per heavy atom. The molecule has 0 spiro atoms. The number of hydrogen-bond donors (Lipinski definition) is 3. The van der Waals surface area contributed by atoms with E-state index in [2.05, 4.69) is 29.8 Å². The zero-order valence-electron chi connectivity index (χ0n) is 28.2. The quantitative estimate of drug-likeness (QED) is 0.287. The molecule has 1 aliphatic carbocycles. The smallest absolute Gasteiger partial charge is 0.290 e. The number of likely N-dealkylation sites (N-methyl/N-ethyl adjacent to an activating group) is 1. The van der Waals surface area contributed by atoms with Crippen molar-refractivity contribution in [3.8, 4) is 0 Å². The lowest BCUT2D eigenvalue weighted by molar-refractivity contribution is -0.146. The second kappa shape index (κ2) is 14.1. The number of carbonyl (C=O) groups is 6. The Bertz CT molecular complexity index is 1290. The molecule has 6 atom stereocenters. The van der Waals surface area contributed by atoms with E-state index in [1.165, 1.54) is 4.90 Å². The van der Waals surface area contributed by atoms with E-state index < -0.39 is 48.2 Å². The number of carbonyl (C=O) groups excluding carboxylic acids is 6. The van der Waals surface area contributed by atoms with E-state index in [1.54, 1.807) is 49.3 Å². The number of nitrogens with one attached hydrogen (secondary N) is 3. The normalized spacial score (nSPS) is 21.9. The van der Waals surface area contributed by atoms with Gasteiger partial charge < -0.3 is 25.8 Å². The second-order valence-electron chi connectivity index (χ2n) is 14.4. The molecule has 248 valence electrons. The van der Waals surface area contributed by atoms with Crippen LogP contribution >= 0.6 is 0 Å². The Hall–Kier alpha value is -3.76. The summed E-state index contributed by atoms with van der Waals surface area (Å²) in [5.41, 5.74) is 0.181. The largest absolute Gasteiger partial charge is 0.347 e. The summed E-state index contributed by atoms with van der Waals surface area (Å²) in [5, 5.41) is 7.79. The molecule has 2 aliphatic rings. The summed E-state index contributed by atoms with van der Waals surface area (Å²) in [6, 6.07) is 5.92. The van der Waals surface area contributed by atoms with E-state index >= 15 is 0 Å². The van der Waals surface area contributed by atoms with Gasteiger partial charge >= 0.3 is 0 Å². The van der Waals surface area contributed by atoms with E-state index in [0.29, 0.717) is 18.5 Å². The first-order chi connectivity index (χ1) is 20.9. The SMILES string of the molecule is CCCCC(NC(=O)[C@@H]1[C@@H]2[C@H](CN1C(=O)[C@@H](C)C(C)(C)C)C2(C)C)C(=O)C(=O)NCC(=O)N[C@H](C(=O)N(C)C)c1ccccc1. The molecule has 11 heteroatoms. The van der Waals surface area contributed by atoms with Crippen LogP contribution in [0, 0.1) is 28.6 Å². The molecule has 11 nitrogen and oxygen atoms in total. The van der Waals surface area contributed by atoms with Gasteiger partial charge in [0, 0.05) is 26.6 Å². The van der Waals surface area contributed by atoms with Crippen LogP contribution in [0.4, 0.5) is 0 Å². The summed E-state index contributed by atoms with van der Waals surface area (Å²) in [6.07, 6.45) is 1.56. The summed E-state index contributed by atoms with van der Waals surface area (Å²) in [7, 11) is 3.15. The molecule has 1 saturated heterocycles. The second-order valence-corrected chi connectivity index (χ2v) is 14.4. The van der Waals surface area contributed by atoms with Crippen LogP contribution in [0.5, 0.6) is 0 Å². The van der Waals surface area contributed by atoms with Crippen molar-refractivity contribution in [2.45, 2.75) is 85.9 Å². The number of ketones is 1. The van der Waals surface area contributed by atoms with E-state index in [9.17, 15) is 28.8 Å². The highest BCUT2D eigenvalue weighted by Gasteiger charge is 2.69. The number of amides is 5. The van der Waals surface area contributed by atoms with Crippen LogP contribution < -0.4 is 16.0 Å². The maximum atomic E-state index is 13.8. The minimum Gasteiger partial charge on any atom is -0.347 e. The molecule has 1 aromatic carbocycles. The highest BCUT2D eigenvalue weighted by molar-refractivity contribution is 6.38. The number of piperidine rings is 1. The molecule has 1 heterocycles. The predicted molar refractivity (Wildman–Crippen MR) is 170 cm³/mol. The molecule has 45 heavy (non-hydrogen) atoms. The van der Waals surface area contributed by atoms with Gasteiger partial charge in [0.1, 0.15) is 12.1 Å². The number of benzene rings is 1. The summed E-state index contributed by atoms with van der Waals surface area (Å²) < 4.78 is 0. The minimum atomic E-state index is -1.11. The molecule has 1 aliphatic heterocycles. The van der Waals surface area contributed by atoms with Crippen molar-refractivity contribution in [2.24, 2.45) is 28.6 Å². The standard InChI is InChI=1S/C34H51N5O6/c1-10-11-17-23(36-29(42)27-25-22(34(25,6)7)19-39(27)31(44)20(2)33(3,4)5)28(41)30(43)35-18-24(40)37-26(32(45)38(8)9)21-15-13-12-14-16-21/h12-16,20,22-23,25-27H,10-11,17-19H2,1-9H3,(H,35,43)(H,36,42)(H,37,40)/t20-,22+,23?,25+,26+,27+/m1/s1. The van der Waals surface area contributed by atoms with E-state index in [0.717, 1.165) is 6.42 Å². The predicted octanol–water partition coefficient (Wildman–Crippen LogP) is 2.46. The van der Waals surface area contributed by atoms with Crippen molar-refractivity contribution in [1.82, 2.24) is 25.8 Å². The third-order valence-corrected chi connectivity index (χ3v) is 9.67. The molecule has 3 rings (SSSR count).